The number of carbonyl (C=O) groups excluding carboxylic acids is 1. The third-order valence-electron chi connectivity index (χ3n) is 3.54. The minimum Gasteiger partial charge on any atom is -0.489 e. The molecule has 7 nitrogen and oxygen atoms in total. The molecule has 0 aliphatic heterocycles. The Morgan fingerprint density at radius 1 is 1.08 bits per heavy atom. The zero-order chi connectivity index (χ0) is 19.0. The maximum Gasteiger partial charge on any atom is 0.406 e. The van der Waals surface area contributed by atoms with E-state index in [9.17, 15) is 13.2 Å². The molecule has 2 aromatic rings. The van der Waals surface area contributed by atoms with Gasteiger partial charge in [0.1, 0.15) is 12.4 Å². The lowest BCUT2D eigenvalue weighted by atomic mass is 10.2. The minimum atomic E-state index is -3.49. The van der Waals surface area contributed by atoms with E-state index in [1.165, 1.54) is 11.4 Å². The summed E-state index contributed by atoms with van der Waals surface area (Å²) in [6.07, 6.45) is 0.508. The van der Waals surface area contributed by atoms with Crippen LogP contribution in [0.4, 0.5) is 10.5 Å². The highest BCUT2D eigenvalue weighted by molar-refractivity contribution is 7.92. The van der Waals surface area contributed by atoms with Crippen molar-refractivity contribution in [2.24, 2.45) is 0 Å². The van der Waals surface area contributed by atoms with E-state index in [0.29, 0.717) is 18.0 Å². The Hall–Kier alpha value is -2.74. The van der Waals surface area contributed by atoms with Crippen molar-refractivity contribution in [2.75, 3.05) is 30.8 Å². The molecule has 0 aliphatic rings. The van der Waals surface area contributed by atoms with Gasteiger partial charge in [-0.05, 0) is 29.8 Å². The number of ether oxygens (including phenoxy) is 2. The maximum absolute atomic E-state index is 12.0. The summed E-state index contributed by atoms with van der Waals surface area (Å²) in [6, 6.07) is 16.5. The van der Waals surface area contributed by atoms with Crippen LogP contribution in [0.5, 0.6) is 5.75 Å². The molecule has 1 amide bonds. The number of methoxy groups -OCH3 is 1. The average molecular weight is 378 g/mol. The number of amides is 1. The molecule has 0 saturated heterocycles. The van der Waals surface area contributed by atoms with Crippen LogP contribution in [0.1, 0.15) is 5.56 Å². The van der Waals surface area contributed by atoms with Gasteiger partial charge in [0, 0.05) is 6.54 Å². The lowest BCUT2D eigenvalue weighted by Gasteiger charge is -2.22. The van der Waals surface area contributed by atoms with Gasteiger partial charge in [0.2, 0.25) is 10.0 Å². The van der Waals surface area contributed by atoms with E-state index in [1.54, 1.807) is 24.3 Å². The summed E-state index contributed by atoms with van der Waals surface area (Å²) in [5.41, 5.74) is 1.54. The van der Waals surface area contributed by atoms with Gasteiger partial charge < -0.3 is 14.8 Å². The molecule has 8 heteroatoms. The maximum atomic E-state index is 12.0. The van der Waals surface area contributed by atoms with Crippen LogP contribution in [0.3, 0.4) is 0 Å². The molecule has 140 valence electrons. The van der Waals surface area contributed by atoms with Crippen LogP contribution >= 0.6 is 0 Å². The first-order valence-corrected chi connectivity index (χ1v) is 9.81. The number of hydrogen-bond acceptors (Lipinski definition) is 5. The van der Waals surface area contributed by atoms with Crippen molar-refractivity contribution in [1.82, 2.24) is 5.32 Å². The number of nitrogens with one attached hydrogen (secondary N) is 1. The SMILES string of the molecule is COC(=O)NCCN(c1ccc(OCc2ccccc2)cc1)S(C)(=O)=O. The predicted molar refractivity (Wildman–Crippen MR) is 99.8 cm³/mol. The van der Waals surface area contributed by atoms with Crippen LogP contribution in [-0.2, 0) is 21.4 Å². The third kappa shape index (κ3) is 5.96. The number of benzene rings is 2. The highest BCUT2D eigenvalue weighted by Gasteiger charge is 2.17. The van der Waals surface area contributed by atoms with E-state index in [0.717, 1.165) is 11.8 Å². The fourth-order valence-electron chi connectivity index (χ4n) is 2.27. The number of alkyl carbamates (subject to hydrolysis) is 1. The number of nitrogens with zero attached hydrogens (tertiary/aromatic N) is 1. The fraction of sp³-hybridized carbons (Fsp3) is 0.278. The summed E-state index contributed by atoms with van der Waals surface area (Å²) >= 11 is 0. The molecule has 0 spiro atoms. The molecule has 0 bridgehead atoms. The molecular formula is C18H22N2O5S. The predicted octanol–water partition coefficient (Wildman–Crippen LogP) is 2.39. The monoisotopic (exact) mass is 378 g/mol. The first kappa shape index (κ1) is 19.6. The molecule has 2 rings (SSSR count). The third-order valence-corrected chi connectivity index (χ3v) is 4.74. The summed E-state index contributed by atoms with van der Waals surface area (Å²) in [5, 5.41) is 2.46. The largest absolute Gasteiger partial charge is 0.489 e. The summed E-state index contributed by atoms with van der Waals surface area (Å²) in [4.78, 5) is 11.1. The summed E-state index contributed by atoms with van der Waals surface area (Å²) in [5.74, 6) is 0.638. The lowest BCUT2D eigenvalue weighted by molar-refractivity contribution is 0.171. The zero-order valence-corrected chi connectivity index (χ0v) is 15.5. The molecule has 0 aliphatic carbocycles. The van der Waals surface area contributed by atoms with Gasteiger partial charge in [-0.3, -0.25) is 4.31 Å². The number of carbonyl (C=O) groups is 1. The van der Waals surface area contributed by atoms with Gasteiger partial charge in [0.15, 0.2) is 0 Å². The van der Waals surface area contributed by atoms with Crippen LogP contribution < -0.4 is 14.4 Å². The molecular weight excluding hydrogens is 356 g/mol. The molecule has 0 radical (unpaired) electrons. The van der Waals surface area contributed by atoms with E-state index in [1.807, 2.05) is 30.3 Å². The average Bonchev–Trinajstić information content (AvgIpc) is 2.64. The number of hydrogen-bond donors (Lipinski definition) is 1. The Labute approximate surface area is 153 Å². The standard InChI is InChI=1S/C18H22N2O5S/c1-24-18(21)19-12-13-20(26(2,22)23)16-8-10-17(11-9-16)25-14-15-6-4-3-5-7-15/h3-11H,12-14H2,1-2H3,(H,19,21). The smallest absolute Gasteiger partial charge is 0.406 e. The van der Waals surface area contributed by atoms with Crippen molar-refractivity contribution >= 4 is 21.8 Å². The van der Waals surface area contributed by atoms with Crippen molar-refractivity contribution in [3.05, 3.63) is 60.2 Å². The van der Waals surface area contributed by atoms with Crippen LogP contribution in [0.25, 0.3) is 0 Å². The van der Waals surface area contributed by atoms with Gasteiger partial charge in [-0.2, -0.15) is 0 Å². The minimum absolute atomic E-state index is 0.0954. The molecule has 0 atom stereocenters. The molecule has 0 aromatic heterocycles. The first-order valence-electron chi connectivity index (χ1n) is 7.96. The van der Waals surface area contributed by atoms with Crippen molar-refractivity contribution in [3.8, 4) is 5.75 Å². The van der Waals surface area contributed by atoms with Crippen LogP contribution in [0.15, 0.2) is 54.6 Å². The van der Waals surface area contributed by atoms with Crippen LogP contribution in [-0.4, -0.2) is 41.0 Å². The Balaban J connectivity index is 2.01. The van der Waals surface area contributed by atoms with Crippen LogP contribution in [0.2, 0.25) is 0 Å². The topological polar surface area (TPSA) is 84.9 Å². The summed E-state index contributed by atoms with van der Waals surface area (Å²) in [7, 11) is -2.24. The Kier molecular flexibility index (Phi) is 6.85. The first-order chi connectivity index (χ1) is 12.4. The number of rotatable bonds is 8. The van der Waals surface area contributed by atoms with Gasteiger partial charge >= 0.3 is 6.09 Å². The Morgan fingerprint density at radius 2 is 1.73 bits per heavy atom. The van der Waals surface area contributed by atoms with E-state index in [2.05, 4.69) is 10.1 Å². The van der Waals surface area contributed by atoms with E-state index in [-0.39, 0.29) is 13.1 Å². The number of sulfonamides is 1. The van der Waals surface area contributed by atoms with Crippen molar-refractivity contribution in [3.63, 3.8) is 0 Å². The Morgan fingerprint density at radius 3 is 2.31 bits per heavy atom. The Bertz CT molecular complexity index is 807. The second-order valence-corrected chi connectivity index (χ2v) is 7.43. The molecule has 0 fully saturated rings. The molecule has 0 saturated carbocycles. The van der Waals surface area contributed by atoms with Gasteiger partial charge in [0.05, 0.1) is 25.6 Å². The molecule has 26 heavy (non-hydrogen) atoms. The molecule has 0 heterocycles. The quantitative estimate of drug-likeness (QED) is 0.762. The highest BCUT2D eigenvalue weighted by atomic mass is 32.2. The van der Waals surface area contributed by atoms with Gasteiger partial charge in [-0.1, -0.05) is 30.3 Å². The van der Waals surface area contributed by atoms with Crippen molar-refractivity contribution in [2.45, 2.75) is 6.61 Å². The molecule has 2 aromatic carbocycles. The van der Waals surface area contributed by atoms with Crippen molar-refractivity contribution < 1.29 is 22.7 Å². The van der Waals surface area contributed by atoms with Gasteiger partial charge in [-0.25, -0.2) is 13.2 Å². The summed E-state index contributed by atoms with van der Waals surface area (Å²) < 4.78 is 35.4. The molecule has 0 unspecified atom stereocenters. The second-order valence-electron chi connectivity index (χ2n) is 5.52. The van der Waals surface area contributed by atoms with E-state index >= 15 is 0 Å². The summed E-state index contributed by atoms with van der Waals surface area (Å²) in [6.45, 7) is 0.656. The normalized spacial score (nSPS) is 10.8. The van der Waals surface area contributed by atoms with Gasteiger partial charge in [0.25, 0.3) is 0 Å². The number of anilines is 1. The van der Waals surface area contributed by atoms with Crippen molar-refractivity contribution in [1.29, 1.82) is 0 Å². The highest BCUT2D eigenvalue weighted by Crippen LogP contribution is 2.22. The van der Waals surface area contributed by atoms with Crippen LogP contribution in [0, 0.1) is 0 Å². The van der Waals surface area contributed by atoms with E-state index in [4.69, 9.17) is 4.74 Å². The lowest BCUT2D eigenvalue weighted by Crippen LogP contribution is -2.38. The zero-order valence-electron chi connectivity index (χ0n) is 14.7. The molecule has 1 N–H and O–H groups in total. The fourth-order valence-corrected chi connectivity index (χ4v) is 3.20. The van der Waals surface area contributed by atoms with E-state index < -0.39 is 16.1 Å². The van der Waals surface area contributed by atoms with Gasteiger partial charge in [-0.15, -0.1) is 0 Å². The second kappa shape index (κ2) is 9.10.